The second-order valence-corrected chi connectivity index (χ2v) is 5.78. The van der Waals surface area contributed by atoms with Crippen molar-refractivity contribution in [3.63, 3.8) is 0 Å². The van der Waals surface area contributed by atoms with Gasteiger partial charge in [-0.05, 0) is 25.6 Å². The smallest absolute Gasteiger partial charge is 0.139 e. The molecular weight excluding hydrogens is 333 g/mol. The van der Waals surface area contributed by atoms with Gasteiger partial charge in [0.05, 0.1) is 21.6 Å². The third-order valence-corrected chi connectivity index (χ3v) is 4.00. The summed E-state index contributed by atoms with van der Waals surface area (Å²) in [5, 5.41) is 4.46. The lowest BCUT2D eigenvalue weighted by Crippen LogP contribution is -2.10. The van der Waals surface area contributed by atoms with Crippen LogP contribution < -0.4 is 10.1 Å². The molecule has 6 heteroatoms. The van der Waals surface area contributed by atoms with Crippen LogP contribution in [0.5, 0.6) is 5.75 Å². The Morgan fingerprint density at radius 1 is 1.10 bits per heavy atom. The number of furan rings is 1. The Kier molecular flexibility index (Phi) is 5.82. The Morgan fingerprint density at radius 2 is 1.81 bits per heavy atom. The second kappa shape index (κ2) is 7.41. The number of halogens is 3. The number of ether oxygens (including phenoxy) is 1. The predicted octanol–water partition coefficient (Wildman–Crippen LogP) is 5.24. The van der Waals surface area contributed by atoms with E-state index in [1.807, 2.05) is 19.9 Å². The molecule has 0 radical (unpaired) electrons. The molecule has 0 unspecified atom stereocenters. The van der Waals surface area contributed by atoms with Crippen LogP contribution in [-0.2, 0) is 13.2 Å². The standard InChI is InChI=1S/C15H16Cl3NO2/c1-3-19-7-11-4-10(9(2)21-11)8-20-15-6-13(17)12(16)5-14(15)18/h4-6,19H,3,7-8H2,1-2H3. The molecule has 0 saturated heterocycles. The molecule has 0 aliphatic carbocycles. The monoisotopic (exact) mass is 347 g/mol. The minimum absolute atomic E-state index is 0.360. The Balaban J connectivity index is 2.06. The molecule has 0 amide bonds. The number of hydrogen-bond donors (Lipinski definition) is 1. The van der Waals surface area contributed by atoms with Crippen molar-refractivity contribution in [2.75, 3.05) is 6.54 Å². The van der Waals surface area contributed by atoms with E-state index in [0.717, 1.165) is 23.6 Å². The first-order chi connectivity index (χ1) is 10.0. The molecule has 1 N–H and O–H groups in total. The SMILES string of the molecule is CCNCc1cc(COc2cc(Cl)c(Cl)cc2Cl)c(C)o1. The Bertz CT molecular complexity index is 626. The van der Waals surface area contributed by atoms with Crippen LogP contribution in [0, 0.1) is 6.92 Å². The Hall–Kier alpha value is -0.870. The van der Waals surface area contributed by atoms with E-state index in [0.29, 0.717) is 34.0 Å². The molecule has 0 saturated carbocycles. The molecule has 0 aliphatic rings. The molecule has 3 nitrogen and oxygen atoms in total. The van der Waals surface area contributed by atoms with Gasteiger partial charge in [0.25, 0.3) is 0 Å². The zero-order chi connectivity index (χ0) is 15.4. The number of rotatable bonds is 6. The maximum absolute atomic E-state index is 6.08. The molecule has 2 aromatic rings. The summed E-state index contributed by atoms with van der Waals surface area (Å²) in [5.74, 6) is 2.21. The van der Waals surface area contributed by atoms with Crippen LogP contribution in [0.3, 0.4) is 0 Å². The van der Waals surface area contributed by atoms with Gasteiger partial charge in [-0.15, -0.1) is 0 Å². The van der Waals surface area contributed by atoms with Crippen molar-refractivity contribution in [1.29, 1.82) is 0 Å². The van der Waals surface area contributed by atoms with Crippen LogP contribution in [0.25, 0.3) is 0 Å². The van der Waals surface area contributed by atoms with Crippen molar-refractivity contribution in [2.24, 2.45) is 0 Å². The van der Waals surface area contributed by atoms with E-state index < -0.39 is 0 Å². The van der Waals surface area contributed by atoms with E-state index in [1.165, 1.54) is 0 Å². The van der Waals surface area contributed by atoms with Crippen LogP contribution in [0.4, 0.5) is 0 Å². The van der Waals surface area contributed by atoms with Crippen molar-refractivity contribution in [2.45, 2.75) is 27.0 Å². The number of benzene rings is 1. The van der Waals surface area contributed by atoms with E-state index >= 15 is 0 Å². The molecule has 114 valence electrons. The fourth-order valence-corrected chi connectivity index (χ4v) is 2.43. The van der Waals surface area contributed by atoms with Crippen LogP contribution in [-0.4, -0.2) is 6.54 Å². The van der Waals surface area contributed by atoms with E-state index in [4.69, 9.17) is 44.0 Å². The summed E-state index contributed by atoms with van der Waals surface area (Å²) in [5.41, 5.74) is 0.977. The van der Waals surface area contributed by atoms with E-state index in [9.17, 15) is 0 Å². The topological polar surface area (TPSA) is 34.4 Å². The van der Waals surface area contributed by atoms with Gasteiger partial charge in [0, 0.05) is 11.6 Å². The highest BCUT2D eigenvalue weighted by Gasteiger charge is 2.11. The predicted molar refractivity (Wildman–Crippen MR) is 86.6 cm³/mol. The number of nitrogens with one attached hydrogen (secondary N) is 1. The zero-order valence-corrected chi connectivity index (χ0v) is 14.1. The van der Waals surface area contributed by atoms with Gasteiger partial charge in [-0.25, -0.2) is 0 Å². The summed E-state index contributed by atoms with van der Waals surface area (Å²) in [6, 6.07) is 5.16. The summed E-state index contributed by atoms with van der Waals surface area (Å²) >= 11 is 17.9. The second-order valence-electron chi connectivity index (χ2n) is 4.56. The average Bonchev–Trinajstić information content (AvgIpc) is 2.79. The average molecular weight is 349 g/mol. The molecular formula is C15H16Cl3NO2. The van der Waals surface area contributed by atoms with E-state index in [2.05, 4.69) is 5.32 Å². The molecule has 1 heterocycles. The van der Waals surface area contributed by atoms with Crippen molar-refractivity contribution in [3.05, 3.63) is 50.4 Å². The largest absolute Gasteiger partial charge is 0.487 e. The van der Waals surface area contributed by atoms with Crippen molar-refractivity contribution in [1.82, 2.24) is 5.32 Å². The molecule has 0 atom stereocenters. The first kappa shape index (κ1) is 16.5. The van der Waals surface area contributed by atoms with Crippen LogP contribution in [0.1, 0.15) is 24.0 Å². The molecule has 1 aromatic carbocycles. The molecule has 0 aliphatic heterocycles. The fraction of sp³-hybridized carbons (Fsp3) is 0.333. The van der Waals surface area contributed by atoms with E-state index in [1.54, 1.807) is 12.1 Å². The number of aryl methyl sites for hydroxylation is 1. The molecule has 21 heavy (non-hydrogen) atoms. The Labute approximate surface area is 139 Å². The molecule has 1 aromatic heterocycles. The minimum atomic E-state index is 0.360. The highest BCUT2D eigenvalue weighted by molar-refractivity contribution is 6.43. The highest BCUT2D eigenvalue weighted by atomic mass is 35.5. The molecule has 0 bridgehead atoms. The zero-order valence-electron chi connectivity index (χ0n) is 11.8. The molecule has 2 rings (SSSR count). The van der Waals surface area contributed by atoms with Gasteiger partial charge in [0.2, 0.25) is 0 Å². The molecule has 0 spiro atoms. The van der Waals surface area contributed by atoms with Gasteiger partial charge < -0.3 is 14.5 Å². The van der Waals surface area contributed by atoms with Gasteiger partial charge in [-0.2, -0.15) is 0 Å². The highest BCUT2D eigenvalue weighted by Crippen LogP contribution is 2.34. The maximum atomic E-state index is 6.08. The van der Waals surface area contributed by atoms with Crippen LogP contribution in [0.15, 0.2) is 22.6 Å². The van der Waals surface area contributed by atoms with Crippen molar-refractivity contribution >= 4 is 34.8 Å². The van der Waals surface area contributed by atoms with Gasteiger partial charge in [-0.1, -0.05) is 41.7 Å². The summed E-state index contributed by atoms with van der Waals surface area (Å²) in [6.07, 6.45) is 0. The lowest BCUT2D eigenvalue weighted by molar-refractivity contribution is 0.303. The lowest BCUT2D eigenvalue weighted by Gasteiger charge is -2.08. The van der Waals surface area contributed by atoms with Gasteiger partial charge in [0.15, 0.2) is 0 Å². The number of hydrogen-bond acceptors (Lipinski definition) is 3. The first-order valence-corrected chi connectivity index (χ1v) is 7.71. The summed E-state index contributed by atoms with van der Waals surface area (Å²) in [6.45, 7) is 5.91. The summed E-state index contributed by atoms with van der Waals surface area (Å²) in [4.78, 5) is 0. The lowest BCUT2D eigenvalue weighted by atomic mass is 10.2. The summed E-state index contributed by atoms with van der Waals surface area (Å²) < 4.78 is 11.4. The summed E-state index contributed by atoms with van der Waals surface area (Å²) in [7, 11) is 0. The van der Waals surface area contributed by atoms with Gasteiger partial charge in [-0.3, -0.25) is 0 Å². The van der Waals surface area contributed by atoms with Crippen molar-refractivity contribution < 1.29 is 9.15 Å². The van der Waals surface area contributed by atoms with Gasteiger partial charge >= 0.3 is 0 Å². The third-order valence-electron chi connectivity index (χ3n) is 2.98. The third kappa shape index (κ3) is 4.30. The van der Waals surface area contributed by atoms with Crippen LogP contribution >= 0.6 is 34.8 Å². The first-order valence-electron chi connectivity index (χ1n) is 6.57. The quantitative estimate of drug-likeness (QED) is 0.725. The fourth-order valence-electron chi connectivity index (χ4n) is 1.84. The van der Waals surface area contributed by atoms with Crippen molar-refractivity contribution in [3.8, 4) is 5.75 Å². The van der Waals surface area contributed by atoms with Crippen LogP contribution in [0.2, 0.25) is 15.1 Å². The minimum Gasteiger partial charge on any atom is -0.487 e. The normalized spacial score (nSPS) is 10.9. The van der Waals surface area contributed by atoms with Gasteiger partial charge in [0.1, 0.15) is 23.9 Å². The van der Waals surface area contributed by atoms with E-state index in [-0.39, 0.29) is 0 Å². The Morgan fingerprint density at radius 3 is 2.52 bits per heavy atom. The maximum Gasteiger partial charge on any atom is 0.139 e. The molecule has 0 fully saturated rings.